The second-order valence-corrected chi connectivity index (χ2v) is 9.22. The lowest BCUT2D eigenvalue weighted by atomic mass is 10.0. The Kier molecular flexibility index (Phi) is 4.47. The van der Waals surface area contributed by atoms with Gasteiger partial charge in [-0.25, -0.2) is 0 Å². The maximum Gasteiger partial charge on any atom is 0.290 e. The van der Waals surface area contributed by atoms with Crippen LogP contribution in [-0.4, -0.2) is 28.2 Å². The molecule has 6 rings (SSSR count). The Labute approximate surface area is 192 Å². The minimum atomic E-state index is -0.139. The second kappa shape index (κ2) is 7.38. The number of halogens is 1. The van der Waals surface area contributed by atoms with Crippen molar-refractivity contribution in [2.45, 2.75) is 25.9 Å². The van der Waals surface area contributed by atoms with Crippen molar-refractivity contribution in [3.8, 4) is 0 Å². The van der Waals surface area contributed by atoms with Crippen molar-refractivity contribution in [1.29, 1.82) is 0 Å². The van der Waals surface area contributed by atoms with Gasteiger partial charge in [0.05, 0.1) is 19.2 Å². The zero-order chi connectivity index (χ0) is 21.8. The third kappa shape index (κ3) is 3.07. The van der Waals surface area contributed by atoms with E-state index >= 15 is 0 Å². The number of aromatic nitrogens is 1. The molecule has 160 valence electrons. The first-order valence-electron chi connectivity index (χ1n) is 10.6. The van der Waals surface area contributed by atoms with Crippen LogP contribution in [0.4, 0.5) is 5.69 Å². The number of amides is 2. The Hall–Kier alpha value is -3.32. The maximum atomic E-state index is 13.4. The molecule has 0 aliphatic carbocycles. The summed E-state index contributed by atoms with van der Waals surface area (Å²) in [6.07, 6.45) is 2.69. The molecular weight excluding hydrogens is 470 g/mol. The SMILES string of the molecule is O=C(c1occc1CN1C(=O)Cc2ccccc21)N1CCc2[nH]c3ccc(Br)cc3c2C1. The van der Waals surface area contributed by atoms with Crippen molar-refractivity contribution < 1.29 is 14.0 Å². The Morgan fingerprint density at radius 2 is 2.03 bits per heavy atom. The number of fused-ring (bicyclic) bond motifs is 4. The van der Waals surface area contributed by atoms with E-state index in [9.17, 15) is 9.59 Å². The predicted molar refractivity (Wildman–Crippen MR) is 124 cm³/mol. The zero-order valence-corrected chi connectivity index (χ0v) is 18.8. The number of anilines is 1. The van der Waals surface area contributed by atoms with E-state index in [0.29, 0.717) is 31.8 Å². The number of benzene rings is 2. The molecule has 0 spiro atoms. The smallest absolute Gasteiger partial charge is 0.290 e. The lowest BCUT2D eigenvalue weighted by Crippen LogP contribution is -2.36. The predicted octanol–water partition coefficient (Wildman–Crippen LogP) is 4.81. The lowest BCUT2D eigenvalue weighted by molar-refractivity contribution is -0.117. The number of aromatic amines is 1. The molecule has 0 atom stereocenters. The fourth-order valence-electron chi connectivity index (χ4n) is 4.81. The van der Waals surface area contributed by atoms with Gasteiger partial charge in [0.1, 0.15) is 0 Å². The van der Waals surface area contributed by atoms with Crippen molar-refractivity contribution in [3.05, 3.63) is 87.4 Å². The van der Waals surface area contributed by atoms with Crippen LogP contribution in [-0.2, 0) is 30.7 Å². The van der Waals surface area contributed by atoms with Gasteiger partial charge in [-0.1, -0.05) is 34.1 Å². The molecule has 4 aromatic rings. The first kappa shape index (κ1) is 19.4. The molecule has 0 saturated carbocycles. The number of hydrogen-bond acceptors (Lipinski definition) is 3. The summed E-state index contributed by atoms with van der Waals surface area (Å²) >= 11 is 3.55. The lowest BCUT2D eigenvalue weighted by Gasteiger charge is -2.27. The van der Waals surface area contributed by atoms with Crippen LogP contribution >= 0.6 is 15.9 Å². The third-order valence-corrected chi connectivity index (χ3v) is 6.91. The van der Waals surface area contributed by atoms with E-state index in [4.69, 9.17) is 4.42 Å². The zero-order valence-electron chi connectivity index (χ0n) is 17.2. The highest BCUT2D eigenvalue weighted by atomic mass is 79.9. The summed E-state index contributed by atoms with van der Waals surface area (Å²) in [7, 11) is 0. The number of furan rings is 1. The van der Waals surface area contributed by atoms with Crippen LogP contribution in [0.2, 0.25) is 0 Å². The minimum Gasteiger partial charge on any atom is -0.459 e. The average molecular weight is 490 g/mol. The first-order chi connectivity index (χ1) is 15.6. The topological polar surface area (TPSA) is 69.6 Å². The first-order valence-corrected chi connectivity index (χ1v) is 11.4. The molecule has 2 aliphatic rings. The highest BCUT2D eigenvalue weighted by molar-refractivity contribution is 9.10. The summed E-state index contributed by atoms with van der Waals surface area (Å²) in [5.74, 6) is 0.212. The van der Waals surface area contributed by atoms with E-state index in [2.05, 4.69) is 33.0 Å². The second-order valence-electron chi connectivity index (χ2n) is 8.31. The van der Waals surface area contributed by atoms with Gasteiger partial charge in [-0.15, -0.1) is 0 Å². The molecule has 7 heteroatoms. The molecule has 2 amide bonds. The van der Waals surface area contributed by atoms with Gasteiger partial charge in [-0.05, 0) is 35.9 Å². The van der Waals surface area contributed by atoms with Gasteiger partial charge in [0.2, 0.25) is 5.91 Å². The van der Waals surface area contributed by atoms with Crippen LogP contribution in [0, 0.1) is 0 Å². The quantitative estimate of drug-likeness (QED) is 0.448. The molecule has 0 fully saturated rings. The monoisotopic (exact) mass is 489 g/mol. The molecule has 2 aromatic heterocycles. The maximum absolute atomic E-state index is 13.4. The normalized spacial score (nSPS) is 15.3. The van der Waals surface area contributed by atoms with Crippen LogP contribution in [0.1, 0.15) is 32.9 Å². The summed E-state index contributed by atoms with van der Waals surface area (Å²) in [5, 5.41) is 1.13. The number of carbonyl (C=O) groups excluding carboxylic acids is 2. The van der Waals surface area contributed by atoms with E-state index in [0.717, 1.165) is 44.2 Å². The number of nitrogens with one attached hydrogen (secondary N) is 1. The van der Waals surface area contributed by atoms with Crippen molar-refractivity contribution in [2.75, 3.05) is 11.4 Å². The number of nitrogens with zero attached hydrogens (tertiary/aromatic N) is 2. The Morgan fingerprint density at radius 3 is 2.94 bits per heavy atom. The fraction of sp³-hybridized carbons (Fsp3) is 0.200. The van der Waals surface area contributed by atoms with E-state index in [1.807, 2.05) is 35.2 Å². The van der Waals surface area contributed by atoms with Gasteiger partial charge in [0.25, 0.3) is 5.91 Å². The van der Waals surface area contributed by atoms with E-state index in [1.165, 1.54) is 12.0 Å². The highest BCUT2D eigenvalue weighted by Gasteiger charge is 2.31. The third-order valence-electron chi connectivity index (χ3n) is 6.42. The number of hydrogen-bond donors (Lipinski definition) is 1. The summed E-state index contributed by atoms with van der Waals surface area (Å²) in [5.41, 5.74) is 6.07. The summed E-state index contributed by atoms with van der Waals surface area (Å²) in [6.45, 7) is 1.47. The summed E-state index contributed by atoms with van der Waals surface area (Å²) in [4.78, 5) is 33.1. The number of para-hydroxylation sites is 1. The van der Waals surface area contributed by atoms with E-state index < -0.39 is 0 Å². The van der Waals surface area contributed by atoms with Gasteiger partial charge in [-0.3, -0.25) is 9.59 Å². The van der Waals surface area contributed by atoms with E-state index in [1.54, 1.807) is 11.0 Å². The highest BCUT2D eigenvalue weighted by Crippen LogP contribution is 2.33. The molecule has 0 radical (unpaired) electrons. The van der Waals surface area contributed by atoms with Crippen LogP contribution in [0.5, 0.6) is 0 Å². The van der Waals surface area contributed by atoms with Crippen molar-refractivity contribution in [3.63, 3.8) is 0 Å². The Bertz CT molecular complexity index is 1390. The standard InChI is InChI=1S/C25H20BrN3O3/c26-17-5-6-20-18(12-17)19-14-28(9-7-21(19)27-20)25(31)24-16(8-10-32-24)13-29-22-4-2-1-3-15(22)11-23(29)30/h1-6,8,10,12,27H,7,9,11,13-14H2. The van der Waals surface area contributed by atoms with Gasteiger partial charge >= 0.3 is 0 Å². The molecule has 2 aromatic carbocycles. The van der Waals surface area contributed by atoms with E-state index in [-0.39, 0.29) is 11.8 Å². The molecule has 4 heterocycles. The van der Waals surface area contributed by atoms with Crippen LogP contribution in [0.15, 0.2) is 63.7 Å². The van der Waals surface area contributed by atoms with Gasteiger partial charge in [0, 0.05) is 57.4 Å². The van der Waals surface area contributed by atoms with Crippen LogP contribution in [0.25, 0.3) is 10.9 Å². The molecular formula is C25H20BrN3O3. The van der Waals surface area contributed by atoms with Crippen molar-refractivity contribution >= 4 is 44.3 Å². The van der Waals surface area contributed by atoms with Gasteiger partial charge in [-0.2, -0.15) is 0 Å². The Morgan fingerprint density at radius 1 is 1.16 bits per heavy atom. The number of carbonyl (C=O) groups is 2. The van der Waals surface area contributed by atoms with Crippen molar-refractivity contribution in [1.82, 2.24) is 9.88 Å². The minimum absolute atomic E-state index is 0.0396. The fourth-order valence-corrected chi connectivity index (χ4v) is 5.17. The summed E-state index contributed by atoms with van der Waals surface area (Å²) < 4.78 is 6.66. The largest absolute Gasteiger partial charge is 0.459 e. The van der Waals surface area contributed by atoms with Crippen LogP contribution in [0.3, 0.4) is 0 Å². The molecule has 6 nitrogen and oxygen atoms in total. The molecule has 0 bridgehead atoms. The Balaban J connectivity index is 1.27. The van der Waals surface area contributed by atoms with Gasteiger partial charge in [0.15, 0.2) is 5.76 Å². The van der Waals surface area contributed by atoms with Crippen LogP contribution < -0.4 is 4.90 Å². The molecule has 0 saturated heterocycles. The summed E-state index contributed by atoms with van der Waals surface area (Å²) in [6, 6.07) is 15.7. The average Bonchev–Trinajstić information content (AvgIpc) is 3.49. The number of H-pyrrole nitrogens is 1. The molecule has 0 unspecified atom stereocenters. The molecule has 32 heavy (non-hydrogen) atoms. The molecule has 1 N–H and O–H groups in total. The van der Waals surface area contributed by atoms with Crippen molar-refractivity contribution in [2.24, 2.45) is 0 Å². The van der Waals surface area contributed by atoms with Gasteiger partial charge < -0.3 is 19.2 Å². The molecule has 2 aliphatic heterocycles. The number of rotatable bonds is 3.